The Hall–Kier alpha value is -2.54. The third kappa shape index (κ3) is 7.61. The van der Waals surface area contributed by atoms with E-state index in [2.05, 4.69) is 43.0 Å². The molecule has 3 aliphatic rings. The van der Waals surface area contributed by atoms with E-state index in [9.17, 15) is 19.7 Å². The minimum Gasteiger partial charge on any atom is -0.489 e. The molecule has 0 aliphatic carbocycles. The van der Waals surface area contributed by atoms with Crippen LogP contribution in [0.2, 0.25) is 0 Å². The van der Waals surface area contributed by atoms with Gasteiger partial charge in [0, 0.05) is 30.7 Å². The molecule has 48 heavy (non-hydrogen) atoms. The lowest BCUT2D eigenvalue weighted by atomic mass is 9.88. The Morgan fingerprint density at radius 2 is 1.77 bits per heavy atom. The smallest absolute Gasteiger partial charge is 0.132 e. The van der Waals surface area contributed by atoms with Gasteiger partial charge in [0.25, 0.3) is 0 Å². The molecule has 3 aromatic rings. The van der Waals surface area contributed by atoms with Crippen LogP contribution in [-0.2, 0) is 15.9 Å². The van der Waals surface area contributed by atoms with Gasteiger partial charge in [-0.15, -0.1) is 11.8 Å². The first-order chi connectivity index (χ1) is 23.0. The van der Waals surface area contributed by atoms with Crippen LogP contribution in [0.5, 0.6) is 5.75 Å². The van der Waals surface area contributed by atoms with Crippen molar-refractivity contribution in [1.82, 2.24) is 4.90 Å². The number of ether oxygens (including phenoxy) is 3. The number of hydrogen-bond donors (Lipinski definition) is 4. The summed E-state index contributed by atoms with van der Waals surface area (Å²) in [7, 11) is 0. The van der Waals surface area contributed by atoms with Crippen molar-refractivity contribution in [3.63, 3.8) is 0 Å². The zero-order valence-corrected chi connectivity index (χ0v) is 29.0. The van der Waals surface area contributed by atoms with Gasteiger partial charge in [0.2, 0.25) is 0 Å². The number of rotatable bonds is 9. The largest absolute Gasteiger partial charge is 0.489 e. The van der Waals surface area contributed by atoms with Crippen molar-refractivity contribution in [2.75, 3.05) is 26.0 Å². The number of halogens is 1. The van der Waals surface area contributed by atoms with E-state index in [0.29, 0.717) is 24.5 Å². The van der Waals surface area contributed by atoms with Crippen LogP contribution in [-0.4, -0.2) is 88.1 Å². The molecule has 4 unspecified atom stereocenters. The Morgan fingerprint density at radius 3 is 2.48 bits per heavy atom. The van der Waals surface area contributed by atoms with Gasteiger partial charge in [-0.05, 0) is 78.8 Å². The lowest BCUT2D eigenvalue weighted by molar-refractivity contribution is -0.200. The monoisotopic (exact) mass is 680 g/mol. The maximum Gasteiger partial charge on any atom is 0.132 e. The molecule has 3 aromatic carbocycles. The lowest BCUT2D eigenvalue weighted by Crippen LogP contribution is -2.52. The summed E-state index contributed by atoms with van der Waals surface area (Å²) in [4.78, 5) is 2.39. The molecule has 9 atom stereocenters. The SMILES string of the molecule is CS[C@H]1O[C@@H](c2ccc(C(C)C)c(Cc3ccc(OC4CCN(C5COC(c6cc(C)ccc6F)C(N)C5)C4)cc3)c2)[C@H](O)[C@@H](O)[C@@H]1O. The quantitative estimate of drug-likeness (QED) is 0.248. The second-order valence-electron chi connectivity index (χ2n) is 13.9. The van der Waals surface area contributed by atoms with Gasteiger partial charge >= 0.3 is 0 Å². The van der Waals surface area contributed by atoms with Crippen LogP contribution in [0.1, 0.15) is 78.2 Å². The van der Waals surface area contributed by atoms with Crippen LogP contribution in [0, 0.1) is 12.7 Å². The second-order valence-corrected chi connectivity index (χ2v) is 14.9. The van der Waals surface area contributed by atoms with E-state index >= 15 is 0 Å². The number of benzene rings is 3. The number of thioether (sulfide) groups is 1. The summed E-state index contributed by atoms with van der Waals surface area (Å²) in [5.74, 6) is 0.850. The number of aryl methyl sites for hydroxylation is 1. The van der Waals surface area contributed by atoms with E-state index in [4.69, 9.17) is 19.9 Å². The second kappa shape index (κ2) is 15.1. The number of nitrogens with zero attached hydrogens (tertiary/aromatic N) is 1. The Bertz CT molecular complexity index is 1540. The number of hydrogen-bond acceptors (Lipinski definition) is 9. The summed E-state index contributed by atoms with van der Waals surface area (Å²) >= 11 is 1.31. The van der Waals surface area contributed by atoms with Gasteiger partial charge in [-0.1, -0.05) is 61.9 Å². The zero-order valence-electron chi connectivity index (χ0n) is 28.2. The highest BCUT2D eigenvalue weighted by atomic mass is 32.2. The van der Waals surface area contributed by atoms with Gasteiger partial charge in [-0.25, -0.2) is 4.39 Å². The van der Waals surface area contributed by atoms with Crippen molar-refractivity contribution in [3.8, 4) is 5.75 Å². The summed E-state index contributed by atoms with van der Waals surface area (Å²) in [5, 5.41) is 31.6. The van der Waals surface area contributed by atoms with Gasteiger partial charge in [0.15, 0.2) is 0 Å². The van der Waals surface area contributed by atoms with E-state index < -0.39 is 36.0 Å². The molecule has 3 aliphatic heterocycles. The number of nitrogens with two attached hydrogens (primary N) is 1. The number of aliphatic hydroxyl groups is 3. The molecule has 6 rings (SSSR count). The highest BCUT2D eigenvalue weighted by Gasteiger charge is 2.44. The first kappa shape index (κ1) is 35.3. The fraction of sp³-hybridized carbons (Fsp3) is 0.526. The molecule has 3 heterocycles. The molecule has 0 radical (unpaired) electrons. The summed E-state index contributed by atoms with van der Waals surface area (Å²) in [6.07, 6.45) is -0.637. The standard InChI is InChI=1S/C38H49FN2O6S/c1-21(2)29-11-8-24(36-34(43)33(42)35(44)38(47-36)48-4)17-25(29)16-23-6-9-27(10-7-23)46-28-13-14-41(19-28)26-18-32(40)37(45-20-26)30-15-22(3)5-12-31(30)39/h5-12,15,17,21,26,28,32-38,42-44H,13-14,16,18-20,40H2,1-4H3/t26?,28?,32?,33-,34-,35+,36+,37?,38-/m1/s1. The molecule has 10 heteroatoms. The Morgan fingerprint density at radius 1 is 1.00 bits per heavy atom. The molecule has 260 valence electrons. The molecule has 3 fully saturated rings. The minimum absolute atomic E-state index is 0.0594. The van der Waals surface area contributed by atoms with Crippen LogP contribution in [0.3, 0.4) is 0 Å². The molecule has 0 aromatic heterocycles. The van der Waals surface area contributed by atoms with Gasteiger partial charge in [0.1, 0.15) is 53.6 Å². The Labute approximate surface area is 287 Å². The predicted octanol–water partition coefficient (Wildman–Crippen LogP) is 5.00. The predicted molar refractivity (Wildman–Crippen MR) is 186 cm³/mol. The number of likely N-dealkylation sites (tertiary alicyclic amines) is 1. The van der Waals surface area contributed by atoms with Crippen LogP contribution >= 0.6 is 11.8 Å². The molecule has 8 nitrogen and oxygen atoms in total. The zero-order chi connectivity index (χ0) is 34.1. The average Bonchev–Trinajstić information content (AvgIpc) is 3.54. The van der Waals surface area contributed by atoms with Crippen LogP contribution in [0.15, 0.2) is 60.7 Å². The van der Waals surface area contributed by atoms with Crippen molar-refractivity contribution >= 4 is 11.8 Å². The van der Waals surface area contributed by atoms with Crippen LogP contribution in [0.4, 0.5) is 4.39 Å². The van der Waals surface area contributed by atoms with Gasteiger partial charge < -0.3 is 35.3 Å². The van der Waals surface area contributed by atoms with Crippen molar-refractivity contribution < 1.29 is 33.9 Å². The van der Waals surface area contributed by atoms with Gasteiger partial charge in [-0.2, -0.15) is 0 Å². The summed E-state index contributed by atoms with van der Waals surface area (Å²) in [5.41, 5.74) is 11.7. The lowest BCUT2D eigenvalue weighted by Gasteiger charge is -2.40. The number of aliphatic hydroxyl groups excluding tert-OH is 3. The highest BCUT2D eigenvalue weighted by Crippen LogP contribution is 2.38. The van der Waals surface area contributed by atoms with Gasteiger partial charge in [0.05, 0.1) is 6.61 Å². The Balaban J connectivity index is 1.06. The minimum atomic E-state index is -1.29. The fourth-order valence-electron chi connectivity index (χ4n) is 7.42. The van der Waals surface area contributed by atoms with Gasteiger partial charge in [-0.3, -0.25) is 4.90 Å². The maximum absolute atomic E-state index is 14.5. The molecular weight excluding hydrogens is 631 g/mol. The molecule has 0 saturated carbocycles. The van der Waals surface area contributed by atoms with E-state index in [1.165, 1.54) is 23.4 Å². The van der Waals surface area contributed by atoms with Crippen LogP contribution in [0.25, 0.3) is 0 Å². The summed E-state index contributed by atoms with van der Waals surface area (Å²) in [6, 6.07) is 19.3. The van der Waals surface area contributed by atoms with Crippen molar-refractivity contribution in [2.24, 2.45) is 5.73 Å². The van der Waals surface area contributed by atoms with E-state index in [0.717, 1.165) is 53.9 Å². The van der Waals surface area contributed by atoms with E-state index in [-0.39, 0.29) is 24.0 Å². The maximum atomic E-state index is 14.5. The average molecular weight is 681 g/mol. The summed E-state index contributed by atoms with van der Waals surface area (Å²) < 4.78 is 33.1. The van der Waals surface area contributed by atoms with Crippen molar-refractivity contribution in [1.29, 1.82) is 0 Å². The molecule has 5 N–H and O–H groups in total. The highest BCUT2D eigenvalue weighted by molar-refractivity contribution is 7.99. The van der Waals surface area contributed by atoms with Crippen LogP contribution < -0.4 is 10.5 Å². The first-order valence-electron chi connectivity index (χ1n) is 17.0. The molecule has 0 amide bonds. The third-order valence-corrected chi connectivity index (χ3v) is 10.9. The third-order valence-electron chi connectivity index (χ3n) is 10.1. The molecule has 3 saturated heterocycles. The fourth-order valence-corrected chi connectivity index (χ4v) is 8.09. The van der Waals surface area contributed by atoms with Crippen molar-refractivity contribution in [3.05, 3.63) is 99.9 Å². The molecule has 0 spiro atoms. The van der Waals surface area contributed by atoms with Crippen molar-refractivity contribution in [2.45, 2.75) is 100 Å². The van der Waals surface area contributed by atoms with E-state index in [1.807, 2.05) is 37.4 Å². The topological polar surface area (TPSA) is 118 Å². The first-order valence-corrected chi connectivity index (χ1v) is 18.3. The van der Waals surface area contributed by atoms with E-state index in [1.54, 1.807) is 6.07 Å². The normalized spacial score (nSPS) is 31.3. The molecular formula is C38H49FN2O6S. The Kier molecular flexibility index (Phi) is 11.1. The summed E-state index contributed by atoms with van der Waals surface area (Å²) in [6.45, 7) is 8.46. The molecule has 0 bridgehead atoms.